The molecule has 1 aromatic carbocycles. The molecule has 0 aromatic heterocycles. The van der Waals surface area contributed by atoms with Crippen molar-refractivity contribution in [1.82, 2.24) is 10.2 Å². The summed E-state index contributed by atoms with van der Waals surface area (Å²) >= 11 is 0. The topological polar surface area (TPSA) is 74.6 Å². The zero-order chi connectivity index (χ0) is 18.3. The average Bonchev–Trinajstić information content (AvgIpc) is 2.99. The second kappa shape index (κ2) is 8.72. The molecule has 136 valence electrons. The maximum atomic E-state index is 11.7. The summed E-state index contributed by atoms with van der Waals surface area (Å²) in [7, 11) is 0. The van der Waals surface area contributed by atoms with Crippen LogP contribution in [-0.2, 0) is 4.74 Å². The maximum absolute atomic E-state index is 11.7. The molecule has 1 aliphatic rings. The number of carbonyl (C=O) groups excluding carboxylic acids is 1. The number of nitriles is 1. The first-order valence-electron chi connectivity index (χ1n) is 8.68. The SMILES string of the molecule is CC(C)(C)OC(=O)NC[C@H]1CCN(CCOc2cccc(C#N)c2)C1. The zero-order valence-corrected chi connectivity index (χ0v) is 15.2. The molecule has 1 fully saturated rings. The molecule has 1 heterocycles. The minimum absolute atomic E-state index is 0.355. The Balaban J connectivity index is 1.64. The molecule has 1 aliphatic heterocycles. The van der Waals surface area contributed by atoms with Gasteiger partial charge in [-0.15, -0.1) is 0 Å². The fourth-order valence-electron chi connectivity index (χ4n) is 2.77. The predicted molar refractivity (Wildman–Crippen MR) is 95.4 cm³/mol. The molecule has 1 atom stereocenters. The van der Waals surface area contributed by atoms with E-state index >= 15 is 0 Å². The number of nitrogens with zero attached hydrogens (tertiary/aromatic N) is 2. The Morgan fingerprint density at radius 1 is 1.44 bits per heavy atom. The molecule has 1 N–H and O–H groups in total. The van der Waals surface area contributed by atoms with E-state index in [-0.39, 0.29) is 6.09 Å². The molecular weight excluding hydrogens is 318 g/mol. The Bertz CT molecular complexity index is 619. The number of likely N-dealkylation sites (tertiary alicyclic amines) is 1. The summed E-state index contributed by atoms with van der Waals surface area (Å²) in [5, 5.41) is 11.7. The third-order valence-electron chi connectivity index (χ3n) is 3.94. The molecular formula is C19H27N3O3. The number of amides is 1. The van der Waals surface area contributed by atoms with E-state index in [0.29, 0.717) is 24.6 Å². The van der Waals surface area contributed by atoms with Crippen molar-refractivity contribution in [1.29, 1.82) is 5.26 Å². The van der Waals surface area contributed by atoms with Crippen molar-refractivity contribution in [3.8, 4) is 11.8 Å². The highest BCUT2D eigenvalue weighted by atomic mass is 16.6. The second-order valence-electron chi connectivity index (χ2n) is 7.33. The number of nitrogens with one attached hydrogen (secondary N) is 1. The highest BCUT2D eigenvalue weighted by molar-refractivity contribution is 5.67. The van der Waals surface area contributed by atoms with Crippen LogP contribution in [0.1, 0.15) is 32.8 Å². The summed E-state index contributed by atoms with van der Waals surface area (Å²) in [6.45, 7) is 9.57. The Kier molecular flexibility index (Phi) is 6.65. The van der Waals surface area contributed by atoms with Crippen LogP contribution in [0.25, 0.3) is 0 Å². The van der Waals surface area contributed by atoms with Crippen LogP contribution in [0.5, 0.6) is 5.75 Å². The summed E-state index contributed by atoms with van der Waals surface area (Å²) in [5.74, 6) is 1.16. The standard InChI is InChI=1S/C19H27N3O3/c1-19(2,3)25-18(23)21-13-16-7-8-22(14-16)9-10-24-17-6-4-5-15(11-17)12-20/h4-6,11,16H,7-10,13-14H2,1-3H3,(H,21,23)/t16-/m1/s1. The van der Waals surface area contributed by atoms with Crippen molar-refractivity contribution >= 4 is 6.09 Å². The Hall–Kier alpha value is -2.26. The molecule has 0 radical (unpaired) electrons. The number of benzene rings is 1. The Morgan fingerprint density at radius 3 is 2.96 bits per heavy atom. The summed E-state index contributed by atoms with van der Waals surface area (Å²) in [5.41, 5.74) is 0.137. The van der Waals surface area contributed by atoms with E-state index in [1.807, 2.05) is 32.9 Å². The molecule has 0 spiro atoms. The van der Waals surface area contributed by atoms with Crippen LogP contribution in [0.15, 0.2) is 24.3 Å². The van der Waals surface area contributed by atoms with Crippen molar-refractivity contribution in [2.45, 2.75) is 32.8 Å². The van der Waals surface area contributed by atoms with Gasteiger partial charge in [0, 0.05) is 19.6 Å². The molecule has 0 unspecified atom stereocenters. The third kappa shape index (κ3) is 7.02. The lowest BCUT2D eigenvalue weighted by Gasteiger charge is -2.21. The van der Waals surface area contributed by atoms with E-state index < -0.39 is 5.60 Å². The van der Waals surface area contributed by atoms with Crippen molar-refractivity contribution in [3.63, 3.8) is 0 Å². The summed E-state index contributed by atoms with van der Waals surface area (Å²) in [4.78, 5) is 14.0. The minimum Gasteiger partial charge on any atom is -0.492 e. The lowest BCUT2D eigenvalue weighted by Crippen LogP contribution is -2.36. The smallest absolute Gasteiger partial charge is 0.407 e. The average molecular weight is 345 g/mol. The van der Waals surface area contributed by atoms with Gasteiger partial charge in [-0.1, -0.05) is 6.07 Å². The number of rotatable bonds is 6. The first kappa shape index (κ1) is 19.1. The van der Waals surface area contributed by atoms with Crippen LogP contribution < -0.4 is 10.1 Å². The highest BCUT2D eigenvalue weighted by Gasteiger charge is 2.23. The van der Waals surface area contributed by atoms with Gasteiger partial charge >= 0.3 is 6.09 Å². The zero-order valence-electron chi connectivity index (χ0n) is 15.2. The van der Waals surface area contributed by atoms with E-state index in [1.165, 1.54) is 0 Å². The molecule has 0 bridgehead atoms. The fraction of sp³-hybridized carbons (Fsp3) is 0.579. The van der Waals surface area contributed by atoms with Gasteiger partial charge in [-0.25, -0.2) is 4.79 Å². The van der Waals surface area contributed by atoms with E-state index in [9.17, 15) is 4.79 Å². The normalized spacial score (nSPS) is 17.8. The van der Waals surface area contributed by atoms with Crippen molar-refractivity contribution < 1.29 is 14.3 Å². The monoisotopic (exact) mass is 345 g/mol. The number of hydrogen-bond acceptors (Lipinski definition) is 5. The molecule has 0 aliphatic carbocycles. The Labute approximate surface area is 149 Å². The van der Waals surface area contributed by atoms with Gasteiger partial charge in [-0.05, 0) is 57.9 Å². The lowest BCUT2D eigenvalue weighted by atomic mass is 10.1. The van der Waals surface area contributed by atoms with Gasteiger partial charge in [0.25, 0.3) is 0 Å². The van der Waals surface area contributed by atoms with Gasteiger partial charge in [-0.3, -0.25) is 4.90 Å². The van der Waals surface area contributed by atoms with E-state index in [2.05, 4.69) is 16.3 Å². The summed E-state index contributed by atoms with van der Waals surface area (Å²) in [6, 6.07) is 9.29. The lowest BCUT2D eigenvalue weighted by molar-refractivity contribution is 0.0519. The number of alkyl carbamates (subject to hydrolysis) is 1. The highest BCUT2D eigenvalue weighted by Crippen LogP contribution is 2.16. The molecule has 6 heteroatoms. The van der Waals surface area contributed by atoms with Crippen LogP contribution in [0.2, 0.25) is 0 Å². The second-order valence-corrected chi connectivity index (χ2v) is 7.33. The van der Waals surface area contributed by atoms with Gasteiger partial charge < -0.3 is 14.8 Å². The van der Waals surface area contributed by atoms with Crippen LogP contribution in [0, 0.1) is 17.2 Å². The molecule has 1 aromatic rings. The van der Waals surface area contributed by atoms with Crippen LogP contribution >= 0.6 is 0 Å². The van der Waals surface area contributed by atoms with E-state index in [4.69, 9.17) is 14.7 Å². The number of carbonyl (C=O) groups is 1. The van der Waals surface area contributed by atoms with Gasteiger partial charge in [0.05, 0.1) is 11.6 Å². The fourth-order valence-corrected chi connectivity index (χ4v) is 2.77. The number of hydrogen-bond donors (Lipinski definition) is 1. The van der Waals surface area contributed by atoms with Crippen LogP contribution in [-0.4, -0.2) is 49.4 Å². The quantitative estimate of drug-likeness (QED) is 0.858. The molecule has 25 heavy (non-hydrogen) atoms. The Morgan fingerprint density at radius 2 is 2.24 bits per heavy atom. The summed E-state index contributed by atoms with van der Waals surface area (Å²) < 4.78 is 11.0. The van der Waals surface area contributed by atoms with Crippen molar-refractivity contribution in [2.24, 2.45) is 5.92 Å². The maximum Gasteiger partial charge on any atom is 0.407 e. The van der Waals surface area contributed by atoms with Gasteiger partial charge in [0.15, 0.2) is 0 Å². The third-order valence-corrected chi connectivity index (χ3v) is 3.94. The van der Waals surface area contributed by atoms with E-state index in [1.54, 1.807) is 12.1 Å². The molecule has 1 saturated heterocycles. The minimum atomic E-state index is -0.466. The molecule has 2 rings (SSSR count). The largest absolute Gasteiger partial charge is 0.492 e. The van der Waals surface area contributed by atoms with Crippen molar-refractivity contribution in [2.75, 3.05) is 32.8 Å². The molecule has 1 amide bonds. The number of ether oxygens (including phenoxy) is 2. The van der Waals surface area contributed by atoms with Gasteiger partial charge in [-0.2, -0.15) is 5.26 Å². The predicted octanol–water partition coefficient (Wildman–Crippen LogP) is 2.78. The van der Waals surface area contributed by atoms with Crippen molar-refractivity contribution in [3.05, 3.63) is 29.8 Å². The van der Waals surface area contributed by atoms with E-state index in [0.717, 1.165) is 31.8 Å². The van der Waals surface area contributed by atoms with Crippen LogP contribution in [0.4, 0.5) is 4.79 Å². The van der Waals surface area contributed by atoms with Gasteiger partial charge in [0.2, 0.25) is 0 Å². The first-order chi connectivity index (χ1) is 11.9. The first-order valence-corrected chi connectivity index (χ1v) is 8.68. The van der Waals surface area contributed by atoms with Gasteiger partial charge in [0.1, 0.15) is 18.0 Å². The molecule has 0 saturated carbocycles. The summed E-state index contributed by atoms with van der Waals surface area (Å²) in [6.07, 6.45) is 0.700. The molecule has 6 nitrogen and oxygen atoms in total. The van der Waals surface area contributed by atoms with Crippen LogP contribution in [0.3, 0.4) is 0 Å².